The molecule has 1 atom stereocenters. The van der Waals surface area contributed by atoms with Crippen LogP contribution in [0, 0.1) is 5.92 Å². The van der Waals surface area contributed by atoms with Gasteiger partial charge >= 0.3 is 6.18 Å². The number of carbonyl (C=O) groups excluding carboxylic acids is 2. The standard InChI is InChI=1S/C20H32F3N7O3/c1-3-5-6-7-15(13-30(33)14-31)18(32)26-27-19-24-12-16(17(25-19)20(21,22)23)29-10-8-28(4-2)9-11-29/h12,14-15,33H,3-11,13H2,1-2H3,(H,26,32)(H,24,25,27)/t15-/m1/s1. The minimum absolute atomic E-state index is 0.102. The van der Waals surface area contributed by atoms with Crippen molar-refractivity contribution in [2.45, 2.75) is 45.7 Å². The maximum absolute atomic E-state index is 13.7. The first-order valence-electron chi connectivity index (χ1n) is 11.1. The largest absolute Gasteiger partial charge is 0.435 e. The first-order chi connectivity index (χ1) is 15.7. The van der Waals surface area contributed by atoms with E-state index in [4.69, 9.17) is 0 Å². The number of amides is 2. The Bertz CT molecular complexity index is 774. The average molecular weight is 476 g/mol. The van der Waals surface area contributed by atoms with Gasteiger partial charge in [-0.05, 0) is 13.0 Å². The number of hydroxylamine groups is 2. The number of rotatable bonds is 12. The normalized spacial score (nSPS) is 15.8. The number of halogens is 3. The molecule has 2 amide bonds. The van der Waals surface area contributed by atoms with Crippen molar-refractivity contribution in [3.8, 4) is 0 Å². The Hall–Kier alpha value is -2.67. The van der Waals surface area contributed by atoms with Gasteiger partial charge in [0.1, 0.15) is 0 Å². The van der Waals surface area contributed by atoms with Crippen LogP contribution in [-0.4, -0.2) is 76.7 Å². The number of nitrogens with zero attached hydrogens (tertiary/aromatic N) is 5. The molecule has 1 saturated heterocycles. The summed E-state index contributed by atoms with van der Waals surface area (Å²) in [6.45, 7) is 6.73. The molecule has 186 valence electrons. The van der Waals surface area contributed by atoms with E-state index in [9.17, 15) is 28.0 Å². The number of hydrogen-bond acceptors (Lipinski definition) is 8. The van der Waals surface area contributed by atoms with Crippen LogP contribution >= 0.6 is 0 Å². The highest BCUT2D eigenvalue weighted by atomic mass is 19.4. The molecule has 0 spiro atoms. The molecule has 1 aliphatic heterocycles. The van der Waals surface area contributed by atoms with E-state index in [-0.39, 0.29) is 18.6 Å². The van der Waals surface area contributed by atoms with E-state index in [1.54, 1.807) is 4.90 Å². The number of hydrogen-bond donors (Lipinski definition) is 3. The van der Waals surface area contributed by atoms with Crippen molar-refractivity contribution in [1.82, 2.24) is 25.4 Å². The Morgan fingerprint density at radius 2 is 1.97 bits per heavy atom. The Kier molecular flexibility index (Phi) is 10.1. The van der Waals surface area contributed by atoms with Gasteiger partial charge in [0.25, 0.3) is 0 Å². The van der Waals surface area contributed by atoms with Crippen LogP contribution in [0.15, 0.2) is 6.20 Å². The lowest BCUT2D eigenvalue weighted by Gasteiger charge is -2.36. The first kappa shape index (κ1) is 26.6. The summed E-state index contributed by atoms with van der Waals surface area (Å²) in [4.78, 5) is 34.5. The van der Waals surface area contributed by atoms with Crippen LogP contribution in [0.1, 0.15) is 45.2 Å². The zero-order valence-electron chi connectivity index (χ0n) is 18.9. The van der Waals surface area contributed by atoms with E-state index in [2.05, 4.69) is 25.7 Å². The van der Waals surface area contributed by atoms with Crippen LogP contribution in [0.25, 0.3) is 0 Å². The number of hydrazine groups is 1. The molecule has 13 heteroatoms. The zero-order chi connectivity index (χ0) is 24.4. The third kappa shape index (κ3) is 8.00. The molecule has 0 aliphatic carbocycles. The Balaban J connectivity index is 2.10. The summed E-state index contributed by atoms with van der Waals surface area (Å²) < 4.78 is 41.1. The molecule has 0 aromatic carbocycles. The molecule has 3 N–H and O–H groups in total. The summed E-state index contributed by atoms with van der Waals surface area (Å²) in [6, 6.07) is 0. The molecule has 10 nitrogen and oxygen atoms in total. The van der Waals surface area contributed by atoms with E-state index in [0.717, 1.165) is 25.6 Å². The van der Waals surface area contributed by atoms with E-state index in [0.29, 0.717) is 44.1 Å². The van der Waals surface area contributed by atoms with Gasteiger partial charge in [-0.1, -0.05) is 33.1 Å². The lowest BCUT2D eigenvalue weighted by atomic mass is 10.0. The molecule has 2 rings (SSSR count). The predicted octanol–water partition coefficient (Wildman–Crippen LogP) is 2.12. The second kappa shape index (κ2) is 12.5. The van der Waals surface area contributed by atoms with E-state index < -0.39 is 29.6 Å². The van der Waals surface area contributed by atoms with E-state index >= 15 is 0 Å². The number of anilines is 2. The highest BCUT2D eigenvalue weighted by molar-refractivity contribution is 5.80. The molecule has 2 heterocycles. The number of nitrogens with one attached hydrogen (secondary N) is 2. The summed E-state index contributed by atoms with van der Waals surface area (Å²) in [5.41, 5.74) is 3.44. The molecule has 0 saturated carbocycles. The fourth-order valence-electron chi connectivity index (χ4n) is 3.62. The summed E-state index contributed by atoms with van der Waals surface area (Å²) in [7, 11) is 0. The SMILES string of the molecule is CCCCC[C@H](CN(O)C=O)C(=O)NNc1ncc(N2CCN(CC)CC2)c(C(F)(F)F)n1. The van der Waals surface area contributed by atoms with Gasteiger partial charge in [0.15, 0.2) is 5.69 Å². The van der Waals surface area contributed by atoms with E-state index in [1.807, 2.05) is 13.8 Å². The minimum Gasteiger partial charge on any atom is -0.366 e. The molecule has 1 fully saturated rings. The van der Waals surface area contributed by atoms with E-state index in [1.165, 1.54) is 0 Å². The molecule has 0 radical (unpaired) electrons. The zero-order valence-corrected chi connectivity index (χ0v) is 18.9. The third-order valence-corrected chi connectivity index (χ3v) is 5.55. The second-order valence-corrected chi connectivity index (χ2v) is 7.88. The second-order valence-electron chi connectivity index (χ2n) is 7.88. The summed E-state index contributed by atoms with van der Waals surface area (Å²) in [5.74, 6) is -1.76. The number of alkyl halides is 3. The lowest BCUT2D eigenvalue weighted by Crippen LogP contribution is -2.47. The van der Waals surface area contributed by atoms with Crippen LogP contribution in [0.4, 0.5) is 24.8 Å². The highest BCUT2D eigenvalue weighted by Gasteiger charge is 2.38. The van der Waals surface area contributed by atoms with Gasteiger partial charge in [0.05, 0.1) is 24.3 Å². The molecule has 33 heavy (non-hydrogen) atoms. The molecule has 0 bridgehead atoms. The topological polar surface area (TPSA) is 114 Å². The maximum Gasteiger partial charge on any atom is 0.435 e. The quantitative estimate of drug-likeness (QED) is 0.182. The van der Waals surface area contributed by atoms with Gasteiger partial charge in [-0.15, -0.1) is 0 Å². The van der Waals surface area contributed by atoms with Gasteiger partial charge in [0, 0.05) is 26.2 Å². The first-order valence-corrected chi connectivity index (χ1v) is 11.1. The van der Waals surface area contributed by atoms with Gasteiger partial charge < -0.3 is 9.80 Å². The van der Waals surface area contributed by atoms with Crippen molar-refractivity contribution in [2.75, 3.05) is 49.6 Å². The van der Waals surface area contributed by atoms with Crippen molar-refractivity contribution in [1.29, 1.82) is 0 Å². The molecular formula is C20H32F3N7O3. The molecular weight excluding hydrogens is 443 g/mol. The fraction of sp³-hybridized carbons (Fsp3) is 0.700. The summed E-state index contributed by atoms with van der Waals surface area (Å²) >= 11 is 0. The van der Waals surface area contributed by atoms with Crippen molar-refractivity contribution < 1.29 is 28.0 Å². The maximum atomic E-state index is 13.7. The number of likely N-dealkylation sites (N-methyl/N-ethyl adjacent to an activating group) is 1. The van der Waals surface area contributed by atoms with Gasteiger partial charge in [-0.2, -0.15) is 13.2 Å². The van der Waals surface area contributed by atoms with Gasteiger partial charge in [0.2, 0.25) is 18.3 Å². The lowest BCUT2D eigenvalue weighted by molar-refractivity contribution is -0.154. The van der Waals surface area contributed by atoms with Crippen molar-refractivity contribution >= 4 is 24.0 Å². The fourth-order valence-corrected chi connectivity index (χ4v) is 3.62. The number of unbranched alkanes of at least 4 members (excludes halogenated alkanes) is 2. The Morgan fingerprint density at radius 3 is 2.55 bits per heavy atom. The predicted molar refractivity (Wildman–Crippen MR) is 115 cm³/mol. The number of piperazine rings is 1. The number of aromatic nitrogens is 2. The summed E-state index contributed by atoms with van der Waals surface area (Å²) in [5, 5.41) is 9.80. The average Bonchev–Trinajstić information content (AvgIpc) is 2.81. The van der Waals surface area contributed by atoms with Crippen LogP contribution in [0.3, 0.4) is 0 Å². The van der Waals surface area contributed by atoms with Gasteiger partial charge in [-0.3, -0.25) is 25.6 Å². The Morgan fingerprint density at radius 1 is 1.27 bits per heavy atom. The van der Waals surface area contributed by atoms with Crippen molar-refractivity contribution in [2.24, 2.45) is 5.92 Å². The highest BCUT2D eigenvalue weighted by Crippen LogP contribution is 2.35. The van der Waals surface area contributed by atoms with Crippen molar-refractivity contribution in [3.05, 3.63) is 11.9 Å². The number of carbonyl (C=O) groups is 2. The minimum atomic E-state index is -4.70. The molecule has 1 aromatic rings. The summed E-state index contributed by atoms with van der Waals surface area (Å²) in [6.07, 6.45) is -0.561. The molecule has 1 aliphatic rings. The van der Waals surface area contributed by atoms with Crippen LogP contribution < -0.4 is 15.8 Å². The van der Waals surface area contributed by atoms with Crippen molar-refractivity contribution in [3.63, 3.8) is 0 Å². The smallest absolute Gasteiger partial charge is 0.366 e. The molecule has 0 unspecified atom stereocenters. The monoisotopic (exact) mass is 475 g/mol. The Labute approximate surface area is 191 Å². The van der Waals surface area contributed by atoms with Gasteiger partial charge in [-0.25, -0.2) is 15.0 Å². The molecule has 1 aromatic heterocycles. The van der Waals surface area contributed by atoms with Crippen LogP contribution in [0.5, 0.6) is 0 Å². The third-order valence-electron chi connectivity index (χ3n) is 5.55. The van der Waals surface area contributed by atoms with Crippen LogP contribution in [-0.2, 0) is 15.8 Å². The van der Waals surface area contributed by atoms with Crippen LogP contribution in [0.2, 0.25) is 0 Å².